The lowest BCUT2D eigenvalue weighted by atomic mass is 9.92. The fraction of sp³-hybridized carbons (Fsp3) is 0.333. The molecule has 1 saturated heterocycles. The molecule has 1 aliphatic heterocycles. The first-order chi connectivity index (χ1) is 12.7. The fourth-order valence-electron chi connectivity index (χ4n) is 3.05. The van der Waals surface area contributed by atoms with Crippen LogP contribution in [0.2, 0.25) is 0 Å². The van der Waals surface area contributed by atoms with Crippen molar-refractivity contribution in [2.75, 3.05) is 6.61 Å². The molecule has 1 fully saturated rings. The molecule has 5 nitrogen and oxygen atoms in total. The summed E-state index contributed by atoms with van der Waals surface area (Å²) in [5.74, 6) is -0.605. The molecule has 26 heavy (non-hydrogen) atoms. The van der Waals surface area contributed by atoms with Crippen LogP contribution in [-0.2, 0) is 14.3 Å². The van der Waals surface area contributed by atoms with Crippen LogP contribution < -0.4 is 0 Å². The Morgan fingerprint density at radius 2 is 1.96 bits per heavy atom. The number of aliphatic carboxylic acids is 1. The summed E-state index contributed by atoms with van der Waals surface area (Å²) < 4.78 is 12.2. The molecule has 0 amide bonds. The van der Waals surface area contributed by atoms with Crippen molar-refractivity contribution in [2.24, 2.45) is 5.92 Å². The van der Waals surface area contributed by atoms with E-state index >= 15 is 0 Å². The normalized spacial score (nSPS) is 23.2. The number of allylic oxidation sites excluding steroid dienone is 2. The summed E-state index contributed by atoms with van der Waals surface area (Å²) >= 11 is 0. The van der Waals surface area contributed by atoms with Gasteiger partial charge in [-0.15, -0.1) is 0 Å². The van der Waals surface area contributed by atoms with E-state index in [0.29, 0.717) is 13.0 Å². The maximum Gasteiger partial charge on any atom is 0.303 e. The van der Waals surface area contributed by atoms with Crippen LogP contribution in [0.5, 0.6) is 0 Å². The summed E-state index contributed by atoms with van der Waals surface area (Å²) in [5, 5.41) is 8.71. The molecular formula is C21H23NO4. The Labute approximate surface area is 153 Å². The highest BCUT2D eigenvalue weighted by atomic mass is 16.7. The molecule has 5 heteroatoms. The number of hydrogen-bond donors (Lipinski definition) is 1. The molecule has 2 aromatic rings. The van der Waals surface area contributed by atoms with Gasteiger partial charge in [0.2, 0.25) is 0 Å². The molecule has 0 saturated carbocycles. The third-order valence-corrected chi connectivity index (χ3v) is 4.38. The fourth-order valence-corrected chi connectivity index (χ4v) is 3.05. The molecule has 0 radical (unpaired) electrons. The second-order valence-electron chi connectivity index (χ2n) is 6.32. The van der Waals surface area contributed by atoms with Gasteiger partial charge < -0.3 is 14.6 Å². The topological polar surface area (TPSA) is 68.7 Å². The molecule has 1 aliphatic rings. The van der Waals surface area contributed by atoms with Crippen LogP contribution in [0.3, 0.4) is 0 Å². The Kier molecular flexibility index (Phi) is 6.52. The summed E-state index contributed by atoms with van der Waals surface area (Å²) in [6, 6.07) is 14.0. The van der Waals surface area contributed by atoms with E-state index in [2.05, 4.69) is 17.1 Å². The van der Waals surface area contributed by atoms with Crippen molar-refractivity contribution in [1.82, 2.24) is 4.98 Å². The Morgan fingerprint density at radius 3 is 2.69 bits per heavy atom. The van der Waals surface area contributed by atoms with Gasteiger partial charge in [-0.25, -0.2) is 0 Å². The highest BCUT2D eigenvalue weighted by molar-refractivity contribution is 5.66. The maximum atomic E-state index is 10.6. The van der Waals surface area contributed by atoms with Crippen molar-refractivity contribution >= 4 is 5.97 Å². The number of aromatic nitrogens is 1. The number of hydrogen-bond acceptors (Lipinski definition) is 4. The number of ether oxygens (including phenoxy) is 2. The van der Waals surface area contributed by atoms with Crippen molar-refractivity contribution < 1.29 is 19.4 Å². The molecule has 3 rings (SSSR count). The summed E-state index contributed by atoms with van der Waals surface area (Å²) in [5.41, 5.74) is 2.03. The van der Waals surface area contributed by atoms with Crippen molar-refractivity contribution in [3.63, 3.8) is 0 Å². The van der Waals surface area contributed by atoms with Gasteiger partial charge in [-0.1, -0.05) is 48.6 Å². The number of carboxylic acids is 1. The molecule has 1 aromatic heterocycles. The molecule has 0 bridgehead atoms. The van der Waals surface area contributed by atoms with Crippen molar-refractivity contribution in [2.45, 2.75) is 31.7 Å². The van der Waals surface area contributed by atoms with E-state index in [9.17, 15) is 4.79 Å². The first kappa shape index (κ1) is 18.3. The van der Waals surface area contributed by atoms with E-state index in [0.717, 1.165) is 17.5 Å². The minimum Gasteiger partial charge on any atom is -0.481 e. The molecule has 3 atom stereocenters. The smallest absolute Gasteiger partial charge is 0.303 e. The lowest BCUT2D eigenvalue weighted by Crippen LogP contribution is -2.30. The predicted molar refractivity (Wildman–Crippen MR) is 97.3 cm³/mol. The van der Waals surface area contributed by atoms with E-state index in [1.165, 1.54) is 0 Å². The number of benzene rings is 1. The van der Waals surface area contributed by atoms with Crippen LogP contribution in [0.1, 0.15) is 42.8 Å². The van der Waals surface area contributed by atoms with Crippen LogP contribution in [0.15, 0.2) is 67.0 Å². The number of rotatable bonds is 7. The molecule has 2 heterocycles. The quantitative estimate of drug-likeness (QED) is 0.752. The molecule has 3 unspecified atom stereocenters. The summed E-state index contributed by atoms with van der Waals surface area (Å²) in [6.45, 7) is 0.572. The average molecular weight is 353 g/mol. The second kappa shape index (κ2) is 9.27. The van der Waals surface area contributed by atoms with Crippen LogP contribution >= 0.6 is 0 Å². The molecular weight excluding hydrogens is 330 g/mol. The minimum atomic E-state index is -0.777. The Bertz CT molecular complexity index is 717. The predicted octanol–water partition coefficient (Wildman–Crippen LogP) is 4.30. The highest BCUT2D eigenvalue weighted by Gasteiger charge is 2.33. The van der Waals surface area contributed by atoms with E-state index in [1.807, 2.05) is 42.5 Å². The Hall–Kier alpha value is -2.50. The van der Waals surface area contributed by atoms with Gasteiger partial charge in [0.15, 0.2) is 6.29 Å². The van der Waals surface area contributed by atoms with Crippen LogP contribution in [0.4, 0.5) is 0 Å². The van der Waals surface area contributed by atoms with Gasteiger partial charge in [-0.3, -0.25) is 9.78 Å². The van der Waals surface area contributed by atoms with Gasteiger partial charge >= 0.3 is 5.97 Å². The first-order valence-corrected chi connectivity index (χ1v) is 8.83. The Morgan fingerprint density at radius 1 is 1.15 bits per heavy atom. The van der Waals surface area contributed by atoms with Gasteiger partial charge in [-0.2, -0.15) is 0 Å². The number of pyridine rings is 1. The number of carbonyl (C=O) groups is 1. The number of nitrogens with zero attached hydrogens (tertiary/aromatic N) is 1. The standard InChI is InChI=1S/C21H23NO4/c23-19(24)12-6-2-5-10-18-15-25-21(17-11-7-13-22-14-17)26-20(18)16-8-3-1-4-9-16/h1-5,7-9,11,13-14,18,20-21H,6,10,12,15H2,(H,23,24)/b5-2-. The maximum absolute atomic E-state index is 10.6. The highest BCUT2D eigenvalue weighted by Crippen LogP contribution is 2.39. The third kappa shape index (κ3) is 5.00. The lowest BCUT2D eigenvalue weighted by Gasteiger charge is -2.36. The van der Waals surface area contributed by atoms with E-state index in [-0.39, 0.29) is 18.4 Å². The van der Waals surface area contributed by atoms with Crippen molar-refractivity contribution in [3.05, 3.63) is 78.1 Å². The largest absolute Gasteiger partial charge is 0.481 e. The monoisotopic (exact) mass is 353 g/mol. The van der Waals surface area contributed by atoms with Crippen LogP contribution in [-0.4, -0.2) is 22.7 Å². The second-order valence-corrected chi connectivity index (χ2v) is 6.32. The van der Waals surface area contributed by atoms with Crippen molar-refractivity contribution in [3.8, 4) is 0 Å². The van der Waals surface area contributed by atoms with Crippen LogP contribution in [0, 0.1) is 5.92 Å². The average Bonchev–Trinajstić information content (AvgIpc) is 2.69. The van der Waals surface area contributed by atoms with E-state index in [4.69, 9.17) is 14.6 Å². The summed E-state index contributed by atoms with van der Waals surface area (Å²) in [4.78, 5) is 14.7. The van der Waals surface area contributed by atoms with E-state index in [1.54, 1.807) is 12.4 Å². The van der Waals surface area contributed by atoms with Crippen LogP contribution in [0.25, 0.3) is 0 Å². The first-order valence-electron chi connectivity index (χ1n) is 8.83. The zero-order valence-electron chi connectivity index (χ0n) is 14.5. The van der Waals surface area contributed by atoms with E-state index < -0.39 is 12.3 Å². The number of carboxylic acid groups (broad SMARTS) is 1. The van der Waals surface area contributed by atoms with Gasteiger partial charge in [-0.05, 0) is 24.5 Å². The zero-order valence-corrected chi connectivity index (χ0v) is 14.5. The lowest BCUT2D eigenvalue weighted by molar-refractivity contribution is -0.244. The molecule has 136 valence electrons. The Balaban J connectivity index is 1.69. The molecule has 1 N–H and O–H groups in total. The minimum absolute atomic E-state index is 0.0840. The third-order valence-electron chi connectivity index (χ3n) is 4.38. The van der Waals surface area contributed by atoms with Gasteiger partial charge in [0.1, 0.15) is 0 Å². The molecule has 0 spiro atoms. The van der Waals surface area contributed by atoms with Crippen molar-refractivity contribution in [1.29, 1.82) is 0 Å². The molecule has 1 aromatic carbocycles. The zero-order chi connectivity index (χ0) is 18.2. The van der Waals surface area contributed by atoms with Gasteiger partial charge in [0.25, 0.3) is 0 Å². The summed E-state index contributed by atoms with van der Waals surface area (Å²) in [7, 11) is 0. The summed E-state index contributed by atoms with van der Waals surface area (Å²) in [6.07, 6.45) is 8.39. The van der Waals surface area contributed by atoms with Gasteiger partial charge in [0.05, 0.1) is 12.7 Å². The SMILES string of the molecule is O=C(O)CC/C=C\CC1COC(c2cccnc2)OC1c1ccccc1. The molecule has 0 aliphatic carbocycles. The van der Waals surface area contributed by atoms with Gasteiger partial charge in [0, 0.05) is 30.3 Å².